The SMILES string of the molecule is CC#Cc1coc2cnc(C(=O)NC3CC4CCN(C4)C3)cc12. The maximum absolute atomic E-state index is 12.5. The molecule has 1 amide bonds. The highest BCUT2D eigenvalue weighted by Crippen LogP contribution is 2.27. The first-order chi connectivity index (χ1) is 11.2. The molecule has 3 atom stereocenters. The topological polar surface area (TPSA) is 58.4 Å². The van der Waals surface area contributed by atoms with Gasteiger partial charge in [0.25, 0.3) is 5.91 Å². The van der Waals surface area contributed by atoms with E-state index in [0.29, 0.717) is 11.3 Å². The molecule has 118 valence electrons. The Kier molecular flexibility index (Phi) is 3.55. The summed E-state index contributed by atoms with van der Waals surface area (Å²) in [6.07, 6.45) is 5.53. The highest BCUT2D eigenvalue weighted by Gasteiger charge is 2.33. The van der Waals surface area contributed by atoms with Gasteiger partial charge in [-0.1, -0.05) is 5.92 Å². The van der Waals surface area contributed by atoms with E-state index in [0.717, 1.165) is 36.4 Å². The van der Waals surface area contributed by atoms with Crippen LogP contribution in [0.1, 0.15) is 35.8 Å². The zero-order valence-corrected chi connectivity index (χ0v) is 13.1. The molecule has 2 bridgehead atoms. The van der Waals surface area contributed by atoms with Gasteiger partial charge in [0.15, 0.2) is 5.58 Å². The predicted octanol–water partition coefficient (Wildman–Crippen LogP) is 2.02. The van der Waals surface area contributed by atoms with E-state index in [4.69, 9.17) is 4.42 Å². The quantitative estimate of drug-likeness (QED) is 0.862. The van der Waals surface area contributed by atoms with Crippen molar-refractivity contribution < 1.29 is 9.21 Å². The standard InChI is InChI=1S/C18H19N3O2/c1-2-3-13-11-23-17-8-19-16(7-15(13)17)18(22)20-14-6-12-4-5-21(9-12)10-14/h7-8,11-12,14H,4-6,9-10H2,1H3,(H,20,22). The Balaban J connectivity index is 1.54. The van der Waals surface area contributed by atoms with Crippen LogP contribution in [0.2, 0.25) is 0 Å². The minimum Gasteiger partial charge on any atom is -0.461 e. The second-order valence-corrected chi connectivity index (χ2v) is 6.41. The summed E-state index contributed by atoms with van der Waals surface area (Å²) in [6, 6.07) is 1.99. The number of furan rings is 1. The second kappa shape index (κ2) is 5.71. The van der Waals surface area contributed by atoms with Crippen molar-refractivity contribution in [2.75, 3.05) is 19.6 Å². The van der Waals surface area contributed by atoms with Crippen molar-refractivity contribution in [1.82, 2.24) is 15.2 Å². The Morgan fingerprint density at radius 3 is 3.22 bits per heavy atom. The van der Waals surface area contributed by atoms with Crippen LogP contribution < -0.4 is 5.32 Å². The van der Waals surface area contributed by atoms with E-state index in [9.17, 15) is 4.79 Å². The average molecular weight is 309 g/mol. The van der Waals surface area contributed by atoms with Gasteiger partial charge in [-0.2, -0.15) is 0 Å². The molecule has 2 aromatic heterocycles. The summed E-state index contributed by atoms with van der Waals surface area (Å²) in [5, 5.41) is 3.97. The summed E-state index contributed by atoms with van der Waals surface area (Å²) in [5.74, 6) is 6.46. The summed E-state index contributed by atoms with van der Waals surface area (Å²) in [4.78, 5) is 19.2. The van der Waals surface area contributed by atoms with Crippen LogP contribution in [0.25, 0.3) is 11.0 Å². The fraction of sp³-hybridized carbons (Fsp3) is 0.444. The largest absolute Gasteiger partial charge is 0.461 e. The van der Waals surface area contributed by atoms with Crippen molar-refractivity contribution in [1.29, 1.82) is 0 Å². The van der Waals surface area contributed by atoms with Crippen LogP contribution in [0.15, 0.2) is 22.9 Å². The number of carbonyl (C=O) groups excluding carboxylic acids is 1. The maximum Gasteiger partial charge on any atom is 0.270 e. The highest BCUT2D eigenvalue weighted by atomic mass is 16.3. The van der Waals surface area contributed by atoms with Gasteiger partial charge in [-0.25, -0.2) is 4.98 Å². The molecule has 2 aliphatic rings. The van der Waals surface area contributed by atoms with Crippen molar-refractivity contribution in [3.8, 4) is 11.8 Å². The van der Waals surface area contributed by atoms with Crippen molar-refractivity contribution in [2.24, 2.45) is 5.92 Å². The van der Waals surface area contributed by atoms with Crippen LogP contribution in [0.3, 0.4) is 0 Å². The minimum atomic E-state index is -0.115. The summed E-state index contributed by atoms with van der Waals surface area (Å²) < 4.78 is 5.42. The lowest BCUT2D eigenvalue weighted by atomic mass is 9.97. The Bertz CT molecular complexity index is 803. The number of fused-ring (bicyclic) bond motifs is 3. The van der Waals surface area contributed by atoms with Crippen molar-refractivity contribution >= 4 is 16.9 Å². The van der Waals surface area contributed by atoms with Crippen molar-refractivity contribution in [2.45, 2.75) is 25.8 Å². The molecule has 0 radical (unpaired) electrons. The number of piperidine rings is 1. The number of nitrogens with zero attached hydrogens (tertiary/aromatic N) is 2. The Labute approximate surface area is 135 Å². The molecule has 5 heteroatoms. The lowest BCUT2D eigenvalue weighted by Crippen LogP contribution is -2.47. The molecule has 4 rings (SSSR count). The molecule has 3 unspecified atom stereocenters. The zero-order valence-electron chi connectivity index (χ0n) is 13.1. The summed E-state index contributed by atoms with van der Waals surface area (Å²) in [7, 11) is 0. The summed E-state index contributed by atoms with van der Waals surface area (Å²) in [6.45, 7) is 5.07. The van der Waals surface area contributed by atoms with Gasteiger partial charge in [-0.15, -0.1) is 5.92 Å². The van der Waals surface area contributed by atoms with E-state index in [1.165, 1.54) is 13.0 Å². The second-order valence-electron chi connectivity index (χ2n) is 6.41. The van der Waals surface area contributed by atoms with Gasteiger partial charge in [0.1, 0.15) is 12.0 Å². The lowest BCUT2D eigenvalue weighted by Gasteiger charge is -2.30. The summed E-state index contributed by atoms with van der Waals surface area (Å²) >= 11 is 0. The molecule has 0 aliphatic carbocycles. The molecule has 0 aromatic carbocycles. The molecule has 2 aromatic rings. The first-order valence-corrected chi connectivity index (χ1v) is 8.06. The van der Waals surface area contributed by atoms with E-state index in [-0.39, 0.29) is 11.9 Å². The average Bonchev–Trinajstić information content (AvgIpc) is 3.10. The zero-order chi connectivity index (χ0) is 15.8. The number of amides is 1. The molecule has 0 spiro atoms. The molecule has 1 N–H and O–H groups in total. The molecule has 2 fully saturated rings. The molecule has 23 heavy (non-hydrogen) atoms. The number of hydrogen-bond donors (Lipinski definition) is 1. The van der Waals surface area contributed by atoms with Crippen molar-refractivity contribution in [3.05, 3.63) is 29.8 Å². The smallest absolute Gasteiger partial charge is 0.270 e. The maximum atomic E-state index is 12.5. The van der Waals surface area contributed by atoms with Gasteiger partial charge < -0.3 is 14.6 Å². The van der Waals surface area contributed by atoms with E-state index in [1.54, 1.807) is 25.5 Å². The lowest BCUT2D eigenvalue weighted by molar-refractivity contribution is 0.0904. The first-order valence-electron chi connectivity index (χ1n) is 8.06. The van der Waals surface area contributed by atoms with Crippen molar-refractivity contribution in [3.63, 3.8) is 0 Å². The molecule has 0 saturated carbocycles. The molecule has 4 heterocycles. The van der Waals surface area contributed by atoms with E-state index in [2.05, 4.69) is 27.0 Å². The number of nitrogens with one attached hydrogen (secondary N) is 1. The molecular formula is C18H19N3O2. The van der Waals surface area contributed by atoms with Gasteiger partial charge in [-0.3, -0.25) is 4.79 Å². The van der Waals surface area contributed by atoms with Crippen LogP contribution in [-0.2, 0) is 0 Å². The number of aromatic nitrogens is 1. The molecule has 2 saturated heterocycles. The minimum absolute atomic E-state index is 0.115. The van der Waals surface area contributed by atoms with Crippen LogP contribution in [0.5, 0.6) is 0 Å². The molecular weight excluding hydrogens is 290 g/mol. The van der Waals surface area contributed by atoms with Crippen LogP contribution in [0.4, 0.5) is 0 Å². The van der Waals surface area contributed by atoms with E-state index < -0.39 is 0 Å². The third-order valence-corrected chi connectivity index (χ3v) is 4.76. The number of rotatable bonds is 2. The van der Waals surface area contributed by atoms with Crippen LogP contribution in [0, 0.1) is 17.8 Å². The molecule has 2 aliphatic heterocycles. The fourth-order valence-corrected chi connectivity index (χ4v) is 3.71. The number of carbonyl (C=O) groups is 1. The van der Waals surface area contributed by atoms with Crippen LogP contribution in [-0.4, -0.2) is 41.5 Å². The Morgan fingerprint density at radius 1 is 1.48 bits per heavy atom. The first kappa shape index (κ1) is 14.3. The van der Waals surface area contributed by atoms with Gasteiger partial charge >= 0.3 is 0 Å². The van der Waals surface area contributed by atoms with Gasteiger partial charge in [0.05, 0.1) is 11.8 Å². The number of hydrogen-bond acceptors (Lipinski definition) is 4. The normalized spacial score (nSPS) is 25.9. The Hall–Kier alpha value is -2.32. The third-order valence-electron chi connectivity index (χ3n) is 4.76. The van der Waals surface area contributed by atoms with E-state index >= 15 is 0 Å². The van der Waals surface area contributed by atoms with Gasteiger partial charge in [0, 0.05) is 24.5 Å². The Morgan fingerprint density at radius 2 is 2.39 bits per heavy atom. The third kappa shape index (κ3) is 2.71. The van der Waals surface area contributed by atoms with Crippen LogP contribution >= 0.6 is 0 Å². The monoisotopic (exact) mass is 309 g/mol. The fourth-order valence-electron chi connectivity index (χ4n) is 3.71. The predicted molar refractivity (Wildman–Crippen MR) is 87.0 cm³/mol. The van der Waals surface area contributed by atoms with Gasteiger partial charge in [-0.05, 0) is 38.3 Å². The van der Waals surface area contributed by atoms with E-state index in [1.807, 2.05) is 0 Å². The molecule has 5 nitrogen and oxygen atoms in total. The summed E-state index contributed by atoms with van der Waals surface area (Å²) in [5.41, 5.74) is 1.87. The van der Waals surface area contributed by atoms with Gasteiger partial charge in [0.2, 0.25) is 0 Å². The highest BCUT2D eigenvalue weighted by molar-refractivity contribution is 5.96. The number of pyridine rings is 1.